The van der Waals surface area contributed by atoms with Gasteiger partial charge in [0.15, 0.2) is 0 Å². The first-order valence-electron chi connectivity index (χ1n) is 5.70. The van der Waals surface area contributed by atoms with Crippen molar-refractivity contribution in [2.75, 3.05) is 54.4 Å². The SMILES string of the molecule is CN(C)CCCCNCC(O)CN(C)C. The van der Waals surface area contributed by atoms with Crippen molar-refractivity contribution in [2.45, 2.75) is 18.9 Å². The molecule has 0 aromatic rings. The van der Waals surface area contributed by atoms with E-state index in [9.17, 15) is 5.11 Å². The number of aliphatic hydroxyl groups is 1. The summed E-state index contributed by atoms with van der Waals surface area (Å²) in [6.45, 7) is 3.56. The van der Waals surface area contributed by atoms with Crippen molar-refractivity contribution >= 4 is 0 Å². The zero-order valence-electron chi connectivity index (χ0n) is 10.7. The Morgan fingerprint density at radius 2 is 1.73 bits per heavy atom. The first-order valence-corrected chi connectivity index (χ1v) is 5.70. The fraction of sp³-hybridized carbons (Fsp3) is 1.00. The van der Waals surface area contributed by atoms with E-state index in [0.717, 1.165) is 19.6 Å². The lowest BCUT2D eigenvalue weighted by Crippen LogP contribution is -2.35. The van der Waals surface area contributed by atoms with E-state index in [1.165, 1.54) is 12.8 Å². The Kier molecular flexibility index (Phi) is 9.00. The minimum atomic E-state index is -0.256. The first kappa shape index (κ1) is 14.8. The summed E-state index contributed by atoms with van der Waals surface area (Å²) in [5, 5.41) is 12.8. The summed E-state index contributed by atoms with van der Waals surface area (Å²) in [4.78, 5) is 4.19. The molecule has 0 aliphatic heterocycles. The Morgan fingerprint density at radius 3 is 2.27 bits per heavy atom. The van der Waals surface area contributed by atoms with Crippen LogP contribution < -0.4 is 5.32 Å². The Morgan fingerprint density at radius 1 is 1.07 bits per heavy atom. The predicted octanol–water partition coefficient (Wildman–Crippen LogP) is -0.160. The number of nitrogens with zero attached hydrogens (tertiary/aromatic N) is 2. The summed E-state index contributed by atoms with van der Waals surface area (Å²) in [6, 6.07) is 0. The summed E-state index contributed by atoms with van der Waals surface area (Å²) in [7, 11) is 8.13. The minimum Gasteiger partial charge on any atom is -0.390 e. The number of hydrogen-bond acceptors (Lipinski definition) is 4. The average molecular weight is 217 g/mol. The van der Waals surface area contributed by atoms with Gasteiger partial charge < -0.3 is 20.2 Å². The van der Waals surface area contributed by atoms with E-state index < -0.39 is 0 Å². The van der Waals surface area contributed by atoms with Gasteiger partial charge in [-0.1, -0.05) is 0 Å². The Balaban J connectivity index is 3.16. The maximum Gasteiger partial charge on any atom is 0.0791 e. The second kappa shape index (κ2) is 9.09. The number of aliphatic hydroxyl groups excluding tert-OH is 1. The second-order valence-electron chi connectivity index (χ2n) is 4.63. The van der Waals surface area contributed by atoms with Crippen LogP contribution in [0.1, 0.15) is 12.8 Å². The molecular weight excluding hydrogens is 190 g/mol. The normalized spacial score (nSPS) is 13.8. The summed E-state index contributed by atoms with van der Waals surface area (Å²) >= 11 is 0. The molecule has 0 rings (SSSR count). The van der Waals surface area contributed by atoms with Crippen molar-refractivity contribution in [3.63, 3.8) is 0 Å². The number of unbranched alkanes of at least 4 members (excludes halogenated alkanes) is 1. The van der Waals surface area contributed by atoms with Gasteiger partial charge in [0.25, 0.3) is 0 Å². The van der Waals surface area contributed by atoms with Gasteiger partial charge in [-0.3, -0.25) is 0 Å². The lowest BCUT2D eigenvalue weighted by Gasteiger charge is -2.16. The Labute approximate surface area is 94.3 Å². The third-order valence-corrected chi connectivity index (χ3v) is 2.16. The van der Waals surface area contributed by atoms with Crippen molar-refractivity contribution < 1.29 is 5.11 Å². The molecule has 0 bridgehead atoms. The van der Waals surface area contributed by atoms with Gasteiger partial charge in [-0.25, -0.2) is 0 Å². The molecule has 0 saturated heterocycles. The number of nitrogens with one attached hydrogen (secondary N) is 1. The number of hydrogen-bond donors (Lipinski definition) is 2. The number of rotatable bonds is 9. The molecular formula is C11H27N3O. The van der Waals surface area contributed by atoms with Gasteiger partial charge >= 0.3 is 0 Å². The molecule has 4 heteroatoms. The molecule has 0 spiro atoms. The van der Waals surface area contributed by atoms with Crippen molar-refractivity contribution in [2.24, 2.45) is 0 Å². The van der Waals surface area contributed by atoms with E-state index >= 15 is 0 Å². The van der Waals surface area contributed by atoms with Crippen LogP contribution >= 0.6 is 0 Å². The van der Waals surface area contributed by atoms with Gasteiger partial charge in [0.2, 0.25) is 0 Å². The third-order valence-electron chi connectivity index (χ3n) is 2.16. The molecule has 92 valence electrons. The highest BCUT2D eigenvalue weighted by Crippen LogP contribution is 1.89. The molecule has 2 N–H and O–H groups in total. The predicted molar refractivity (Wildman–Crippen MR) is 65.2 cm³/mol. The van der Waals surface area contributed by atoms with Gasteiger partial charge in [-0.15, -0.1) is 0 Å². The van der Waals surface area contributed by atoms with E-state index in [4.69, 9.17) is 0 Å². The van der Waals surface area contributed by atoms with Crippen molar-refractivity contribution in [1.82, 2.24) is 15.1 Å². The molecule has 0 aliphatic rings. The minimum absolute atomic E-state index is 0.256. The molecule has 0 aliphatic carbocycles. The standard InChI is InChI=1S/C11H27N3O/c1-13(2)8-6-5-7-12-9-11(15)10-14(3)4/h11-12,15H,5-10H2,1-4H3. The molecule has 0 aromatic heterocycles. The second-order valence-corrected chi connectivity index (χ2v) is 4.63. The molecule has 0 amide bonds. The van der Waals surface area contributed by atoms with Gasteiger partial charge in [0, 0.05) is 13.1 Å². The summed E-state index contributed by atoms with van der Waals surface area (Å²) in [6.07, 6.45) is 2.13. The monoisotopic (exact) mass is 217 g/mol. The molecule has 0 fully saturated rings. The summed E-state index contributed by atoms with van der Waals surface area (Å²) in [5.74, 6) is 0. The summed E-state index contributed by atoms with van der Waals surface area (Å²) < 4.78 is 0. The van der Waals surface area contributed by atoms with Crippen molar-refractivity contribution in [3.8, 4) is 0 Å². The highest BCUT2D eigenvalue weighted by molar-refractivity contribution is 4.62. The third kappa shape index (κ3) is 11.8. The van der Waals surface area contributed by atoms with E-state index in [-0.39, 0.29) is 6.10 Å². The van der Waals surface area contributed by atoms with Crippen LogP contribution in [0.15, 0.2) is 0 Å². The maximum atomic E-state index is 9.55. The highest BCUT2D eigenvalue weighted by Gasteiger charge is 2.03. The smallest absolute Gasteiger partial charge is 0.0791 e. The Bertz CT molecular complexity index is 140. The largest absolute Gasteiger partial charge is 0.390 e. The van der Waals surface area contributed by atoms with Gasteiger partial charge in [-0.05, 0) is 54.1 Å². The molecule has 1 unspecified atom stereocenters. The van der Waals surface area contributed by atoms with Crippen LogP contribution in [-0.2, 0) is 0 Å². The molecule has 0 heterocycles. The fourth-order valence-electron chi connectivity index (χ4n) is 1.43. The molecule has 0 radical (unpaired) electrons. The van der Waals surface area contributed by atoms with E-state index in [0.29, 0.717) is 6.54 Å². The van der Waals surface area contributed by atoms with E-state index in [1.807, 2.05) is 19.0 Å². The van der Waals surface area contributed by atoms with Crippen LogP contribution in [-0.4, -0.2) is 75.4 Å². The first-order chi connectivity index (χ1) is 7.02. The Hall–Kier alpha value is -0.160. The molecule has 0 aromatic carbocycles. The van der Waals surface area contributed by atoms with Crippen LogP contribution in [0.4, 0.5) is 0 Å². The van der Waals surface area contributed by atoms with Crippen LogP contribution in [0, 0.1) is 0 Å². The average Bonchev–Trinajstić information content (AvgIpc) is 2.09. The number of likely N-dealkylation sites (N-methyl/N-ethyl adjacent to an activating group) is 1. The maximum absolute atomic E-state index is 9.55. The van der Waals surface area contributed by atoms with E-state index in [2.05, 4.69) is 24.3 Å². The molecule has 15 heavy (non-hydrogen) atoms. The van der Waals surface area contributed by atoms with Gasteiger partial charge in [-0.2, -0.15) is 0 Å². The quantitative estimate of drug-likeness (QED) is 0.527. The van der Waals surface area contributed by atoms with E-state index in [1.54, 1.807) is 0 Å². The molecule has 4 nitrogen and oxygen atoms in total. The topological polar surface area (TPSA) is 38.7 Å². The van der Waals surface area contributed by atoms with Crippen LogP contribution in [0.25, 0.3) is 0 Å². The van der Waals surface area contributed by atoms with Crippen LogP contribution in [0.2, 0.25) is 0 Å². The highest BCUT2D eigenvalue weighted by atomic mass is 16.3. The molecule has 0 saturated carbocycles. The van der Waals surface area contributed by atoms with Gasteiger partial charge in [0.1, 0.15) is 0 Å². The zero-order valence-corrected chi connectivity index (χ0v) is 10.7. The van der Waals surface area contributed by atoms with Gasteiger partial charge in [0.05, 0.1) is 6.10 Å². The van der Waals surface area contributed by atoms with Crippen LogP contribution in [0.3, 0.4) is 0 Å². The van der Waals surface area contributed by atoms with Crippen LogP contribution in [0.5, 0.6) is 0 Å². The van der Waals surface area contributed by atoms with Crippen molar-refractivity contribution in [3.05, 3.63) is 0 Å². The fourth-order valence-corrected chi connectivity index (χ4v) is 1.43. The lowest BCUT2D eigenvalue weighted by atomic mass is 10.3. The van der Waals surface area contributed by atoms with Crippen molar-refractivity contribution in [1.29, 1.82) is 0 Å². The lowest BCUT2D eigenvalue weighted by molar-refractivity contribution is 0.135. The molecule has 1 atom stereocenters. The zero-order chi connectivity index (χ0) is 11.7. The summed E-state index contributed by atoms with van der Waals surface area (Å²) in [5.41, 5.74) is 0.